The number of thioether (sulfide) groups is 1. The fourth-order valence-corrected chi connectivity index (χ4v) is 5.60. The van der Waals surface area contributed by atoms with Gasteiger partial charge in [-0.2, -0.15) is 0 Å². The van der Waals surface area contributed by atoms with Crippen LogP contribution >= 0.6 is 11.8 Å². The predicted octanol–water partition coefficient (Wildman–Crippen LogP) is 5.79. The molecule has 0 bridgehead atoms. The molecule has 0 radical (unpaired) electrons. The summed E-state index contributed by atoms with van der Waals surface area (Å²) in [4.78, 5) is 24.2. The number of amides is 1. The molecule has 1 amide bonds. The predicted molar refractivity (Wildman–Crippen MR) is 145 cm³/mol. The number of carbonyl (C=O) groups is 1. The second kappa shape index (κ2) is 10.7. The Balaban J connectivity index is 1.06. The lowest BCUT2D eigenvalue weighted by atomic mass is 9.96. The van der Waals surface area contributed by atoms with Gasteiger partial charge in [-0.3, -0.25) is 4.79 Å². The van der Waals surface area contributed by atoms with Gasteiger partial charge in [0.2, 0.25) is 5.91 Å². The van der Waals surface area contributed by atoms with Crippen molar-refractivity contribution < 1.29 is 13.9 Å². The Hall–Kier alpha value is -3.78. The summed E-state index contributed by atoms with van der Waals surface area (Å²) < 4.78 is 14.1. The Morgan fingerprint density at radius 1 is 0.919 bits per heavy atom. The second-order valence-corrected chi connectivity index (χ2v) is 10.2. The Bertz CT molecular complexity index is 1470. The van der Waals surface area contributed by atoms with Crippen molar-refractivity contribution in [1.29, 1.82) is 0 Å². The molecule has 3 heterocycles. The molecular formula is C29H28N4O3S. The number of para-hydroxylation sites is 5. The van der Waals surface area contributed by atoms with Crippen LogP contribution in [0.25, 0.3) is 22.1 Å². The molecule has 0 spiro atoms. The summed E-state index contributed by atoms with van der Waals surface area (Å²) in [6, 6.07) is 25.7. The van der Waals surface area contributed by atoms with Crippen molar-refractivity contribution in [3.8, 4) is 5.75 Å². The molecule has 1 fully saturated rings. The molecule has 0 saturated carbocycles. The SMILES string of the molecule is O=C(CSc1nc2ccccc2o1)N1CCC(Cn2c(COc3ccccc3)nc3ccccc32)CC1. The molecule has 0 N–H and O–H groups in total. The highest BCUT2D eigenvalue weighted by Crippen LogP contribution is 2.27. The van der Waals surface area contributed by atoms with Gasteiger partial charge in [-0.05, 0) is 55.2 Å². The van der Waals surface area contributed by atoms with Crippen molar-refractivity contribution in [2.75, 3.05) is 18.8 Å². The number of ether oxygens (including phenoxy) is 1. The number of piperidine rings is 1. The van der Waals surface area contributed by atoms with Crippen molar-refractivity contribution in [2.24, 2.45) is 5.92 Å². The molecule has 2 aromatic heterocycles. The zero-order valence-corrected chi connectivity index (χ0v) is 21.3. The average molecular weight is 513 g/mol. The monoisotopic (exact) mass is 512 g/mol. The smallest absolute Gasteiger partial charge is 0.257 e. The van der Waals surface area contributed by atoms with Crippen LogP contribution in [0, 0.1) is 5.92 Å². The Kier molecular flexibility index (Phi) is 6.82. The first-order chi connectivity index (χ1) is 18.2. The number of likely N-dealkylation sites (tertiary alicyclic amines) is 1. The van der Waals surface area contributed by atoms with Gasteiger partial charge in [0.05, 0.1) is 16.8 Å². The number of benzene rings is 3. The number of nitrogens with zero attached hydrogens (tertiary/aromatic N) is 4. The standard InChI is InChI=1S/C29H28N4O3S/c34-28(20-37-29-31-24-11-5-7-13-26(24)36-29)32-16-14-21(15-17-32)18-33-25-12-6-4-10-23(25)30-27(33)19-35-22-8-2-1-3-9-22/h1-13,21H,14-20H2. The number of imidazole rings is 1. The first-order valence-corrected chi connectivity index (χ1v) is 13.6. The van der Waals surface area contributed by atoms with E-state index in [9.17, 15) is 4.79 Å². The van der Waals surface area contributed by atoms with Crippen LogP contribution in [-0.2, 0) is 17.9 Å². The van der Waals surface area contributed by atoms with Crippen LogP contribution in [0.2, 0.25) is 0 Å². The number of oxazole rings is 1. The lowest BCUT2D eigenvalue weighted by molar-refractivity contribution is -0.129. The van der Waals surface area contributed by atoms with Crippen LogP contribution in [0.3, 0.4) is 0 Å². The lowest BCUT2D eigenvalue weighted by Crippen LogP contribution is -2.40. The molecule has 0 unspecified atom stereocenters. The molecule has 3 aromatic carbocycles. The number of rotatable bonds is 8. The largest absolute Gasteiger partial charge is 0.486 e. The van der Waals surface area contributed by atoms with Gasteiger partial charge in [0.25, 0.3) is 5.22 Å². The molecular weight excluding hydrogens is 484 g/mol. The first-order valence-electron chi connectivity index (χ1n) is 12.6. The molecule has 188 valence electrons. The summed E-state index contributed by atoms with van der Waals surface area (Å²) >= 11 is 1.36. The molecule has 6 rings (SSSR count). The third-order valence-corrected chi connectivity index (χ3v) is 7.66. The van der Waals surface area contributed by atoms with Crippen molar-refractivity contribution in [1.82, 2.24) is 19.4 Å². The Morgan fingerprint density at radius 3 is 2.46 bits per heavy atom. The molecule has 0 aliphatic carbocycles. The Labute approximate surface area is 219 Å². The normalized spacial score (nSPS) is 14.4. The van der Waals surface area contributed by atoms with Crippen LogP contribution < -0.4 is 4.74 Å². The van der Waals surface area contributed by atoms with Gasteiger partial charge in [0, 0.05) is 19.6 Å². The van der Waals surface area contributed by atoms with Gasteiger partial charge in [0.15, 0.2) is 5.58 Å². The summed E-state index contributed by atoms with van der Waals surface area (Å²) in [5, 5.41) is 0.543. The maximum Gasteiger partial charge on any atom is 0.257 e. The number of fused-ring (bicyclic) bond motifs is 2. The minimum absolute atomic E-state index is 0.135. The molecule has 7 nitrogen and oxygen atoms in total. The van der Waals surface area contributed by atoms with Crippen LogP contribution in [0.15, 0.2) is 88.5 Å². The number of carbonyl (C=O) groups excluding carboxylic acids is 1. The van der Waals surface area contributed by atoms with Crippen molar-refractivity contribution in [3.05, 3.63) is 84.7 Å². The molecule has 1 aliphatic rings. The van der Waals surface area contributed by atoms with E-state index in [-0.39, 0.29) is 5.91 Å². The fraction of sp³-hybridized carbons (Fsp3) is 0.276. The van der Waals surface area contributed by atoms with E-state index >= 15 is 0 Å². The highest BCUT2D eigenvalue weighted by Gasteiger charge is 2.25. The lowest BCUT2D eigenvalue weighted by Gasteiger charge is -2.32. The molecule has 1 aliphatic heterocycles. The number of aromatic nitrogens is 3. The molecule has 1 saturated heterocycles. The third-order valence-electron chi connectivity index (χ3n) is 6.85. The summed E-state index contributed by atoms with van der Waals surface area (Å²) in [5.41, 5.74) is 3.68. The molecule has 0 atom stereocenters. The highest BCUT2D eigenvalue weighted by molar-refractivity contribution is 7.99. The van der Waals surface area contributed by atoms with Crippen LogP contribution in [-0.4, -0.2) is 44.2 Å². The van der Waals surface area contributed by atoms with E-state index in [1.165, 1.54) is 11.8 Å². The van der Waals surface area contributed by atoms with Crippen molar-refractivity contribution in [2.45, 2.75) is 31.2 Å². The van der Waals surface area contributed by atoms with E-state index < -0.39 is 0 Å². The highest BCUT2D eigenvalue weighted by atomic mass is 32.2. The van der Waals surface area contributed by atoms with Crippen LogP contribution in [0.5, 0.6) is 5.75 Å². The van der Waals surface area contributed by atoms with Crippen LogP contribution in [0.1, 0.15) is 18.7 Å². The molecule has 37 heavy (non-hydrogen) atoms. The zero-order valence-electron chi connectivity index (χ0n) is 20.5. The number of hydrogen-bond acceptors (Lipinski definition) is 6. The maximum atomic E-state index is 12.9. The fourth-order valence-electron chi connectivity index (χ4n) is 4.85. The van der Waals surface area contributed by atoms with Crippen molar-refractivity contribution >= 4 is 39.8 Å². The van der Waals surface area contributed by atoms with E-state index in [2.05, 4.69) is 21.7 Å². The summed E-state index contributed by atoms with van der Waals surface area (Å²) in [6.07, 6.45) is 1.93. The van der Waals surface area contributed by atoms with E-state index in [1.807, 2.05) is 71.6 Å². The summed E-state index contributed by atoms with van der Waals surface area (Å²) in [6.45, 7) is 2.82. The minimum atomic E-state index is 0.135. The van der Waals surface area contributed by atoms with Gasteiger partial charge in [0.1, 0.15) is 23.7 Å². The van der Waals surface area contributed by atoms with Crippen LogP contribution in [0.4, 0.5) is 0 Å². The van der Waals surface area contributed by atoms with E-state index in [4.69, 9.17) is 14.1 Å². The second-order valence-electron chi connectivity index (χ2n) is 9.29. The number of hydrogen-bond donors (Lipinski definition) is 0. The topological polar surface area (TPSA) is 73.4 Å². The zero-order chi connectivity index (χ0) is 25.0. The van der Waals surface area contributed by atoms with Gasteiger partial charge in [-0.25, -0.2) is 9.97 Å². The first kappa shape index (κ1) is 23.6. The maximum absolute atomic E-state index is 12.9. The molecule has 8 heteroatoms. The van der Waals surface area contributed by atoms with Crippen molar-refractivity contribution in [3.63, 3.8) is 0 Å². The van der Waals surface area contributed by atoms with E-state index in [0.29, 0.717) is 23.5 Å². The van der Waals surface area contributed by atoms with Gasteiger partial charge in [-0.15, -0.1) is 0 Å². The van der Waals surface area contributed by atoms with Gasteiger partial charge < -0.3 is 18.6 Å². The Morgan fingerprint density at radius 2 is 1.65 bits per heavy atom. The summed E-state index contributed by atoms with van der Waals surface area (Å²) in [5.74, 6) is 2.71. The average Bonchev–Trinajstić information content (AvgIpc) is 3.52. The van der Waals surface area contributed by atoms with E-state index in [0.717, 1.165) is 66.2 Å². The van der Waals surface area contributed by atoms with E-state index in [1.54, 1.807) is 0 Å². The molecule has 5 aromatic rings. The van der Waals surface area contributed by atoms with Gasteiger partial charge in [-0.1, -0.05) is 54.2 Å². The van der Waals surface area contributed by atoms with Gasteiger partial charge >= 0.3 is 0 Å². The third kappa shape index (κ3) is 5.34. The summed E-state index contributed by atoms with van der Waals surface area (Å²) in [7, 11) is 0. The quantitative estimate of drug-likeness (QED) is 0.245. The minimum Gasteiger partial charge on any atom is -0.486 e.